The van der Waals surface area contributed by atoms with E-state index in [4.69, 9.17) is 11.6 Å². The molecule has 76 valence electrons. The third-order valence-electron chi connectivity index (χ3n) is 1.78. The lowest BCUT2D eigenvalue weighted by molar-refractivity contribution is -0.107. The van der Waals surface area contributed by atoms with Crippen molar-refractivity contribution in [2.45, 2.75) is 19.3 Å². The van der Waals surface area contributed by atoms with E-state index in [0.717, 1.165) is 6.29 Å². The Hall–Kier alpha value is -0.960. The number of aryl methyl sites for hydroxylation is 1. The molecule has 0 saturated heterocycles. The van der Waals surface area contributed by atoms with Gasteiger partial charge in [0.2, 0.25) is 0 Å². The summed E-state index contributed by atoms with van der Waals surface area (Å²) in [5.74, 6) is 0. The fourth-order valence-corrected chi connectivity index (χ4v) is 1.44. The number of rotatable bonds is 4. The average Bonchev–Trinajstić information content (AvgIpc) is 2.14. The molecule has 4 heteroatoms. The highest BCUT2D eigenvalue weighted by Gasteiger charge is 2.08. The van der Waals surface area contributed by atoms with E-state index in [1.807, 2.05) is 0 Å². The number of hydrogen-bond acceptors (Lipinski definition) is 1. The van der Waals surface area contributed by atoms with Gasteiger partial charge in [0.25, 0.3) is 6.43 Å². The lowest BCUT2D eigenvalue weighted by Crippen LogP contribution is -1.91. The standard InChI is InChI=1S/C10H9ClF2O/c11-9-5-7(2-1-3-14)4-8(6-9)10(12)13/h3-6,10H,1-2H2. The molecular formula is C10H9ClF2O. The Balaban J connectivity index is 2.89. The van der Waals surface area contributed by atoms with Crippen LogP contribution in [0.5, 0.6) is 0 Å². The van der Waals surface area contributed by atoms with E-state index in [1.165, 1.54) is 12.1 Å². The lowest BCUT2D eigenvalue weighted by Gasteiger charge is -2.04. The van der Waals surface area contributed by atoms with Gasteiger partial charge in [-0.1, -0.05) is 17.7 Å². The van der Waals surface area contributed by atoms with Gasteiger partial charge in [0.15, 0.2) is 0 Å². The van der Waals surface area contributed by atoms with Gasteiger partial charge in [0.05, 0.1) is 0 Å². The number of alkyl halides is 2. The van der Waals surface area contributed by atoms with Crippen LogP contribution in [0, 0.1) is 0 Å². The van der Waals surface area contributed by atoms with Crippen LogP contribution in [0.2, 0.25) is 5.02 Å². The van der Waals surface area contributed by atoms with E-state index in [0.29, 0.717) is 18.4 Å². The van der Waals surface area contributed by atoms with E-state index >= 15 is 0 Å². The van der Waals surface area contributed by atoms with Gasteiger partial charge in [-0.05, 0) is 24.1 Å². The molecule has 0 aliphatic heterocycles. The predicted octanol–water partition coefficient (Wildman–Crippen LogP) is 3.41. The minimum absolute atomic E-state index is 0.0987. The highest BCUT2D eigenvalue weighted by atomic mass is 35.5. The molecule has 0 amide bonds. The van der Waals surface area contributed by atoms with Crippen LogP contribution in [-0.2, 0) is 11.2 Å². The minimum atomic E-state index is -2.52. The van der Waals surface area contributed by atoms with Crippen LogP contribution in [0.4, 0.5) is 8.78 Å². The summed E-state index contributed by atoms with van der Waals surface area (Å²) in [7, 11) is 0. The maximum absolute atomic E-state index is 12.3. The molecule has 0 aromatic heterocycles. The second-order valence-corrected chi connectivity index (χ2v) is 3.34. The second-order valence-electron chi connectivity index (χ2n) is 2.90. The number of aldehydes is 1. The second kappa shape index (κ2) is 5.05. The SMILES string of the molecule is O=CCCc1cc(Cl)cc(C(F)F)c1. The molecule has 0 N–H and O–H groups in total. The van der Waals surface area contributed by atoms with E-state index in [-0.39, 0.29) is 10.6 Å². The third-order valence-corrected chi connectivity index (χ3v) is 2.00. The van der Waals surface area contributed by atoms with Crippen LogP contribution in [0.3, 0.4) is 0 Å². The molecule has 1 nitrogen and oxygen atoms in total. The number of hydrogen-bond donors (Lipinski definition) is 0. The van der Waals surface area contributed by atoms with Crippen molar-refractivity contribution in [3.05, 3.63) is 34.3 Å². The van der Waals surface area contributed by atoms with Gasteiger partial charge in [0, 0.05) is 17.0 Å². The molecule has 0 unspecified atom stereocenters. The molecule has 1 aromatic rings. The first kappa shape index (κ1) is 11.1. The van der Waals surface area contributed by atoms with Crippen molar-refractivity contribution in [3.63, 3.8) is 0 Å². The molecule has 0 radical (unpaired) electrons. The quantitative estimate of drug-likeness (QED) is 0.708. The normalized spacial score (nSPS) is 10.6. The van der Waals surface area contributed by atoms with E-state index in [9.17, 15) is 13.6 Å². The number of carbonyl (C=O) groups is 1. The van der Waals surface area contributed by atoms with E-state index < -0.39 is 6.43 Å². The summed E-state index contributed by atoms with van der Waals surface area (Å²) >= 11 is 5.65. The van der Waals surface area contributed by atoms with Crippen molar-refractivity contribution in [2.24, 2.45) is 0 Å². The fourth-order valence-electron chi connectivity index (χ4n) is 1.17. The Morgan fingerprint density at radius 1 is 1.36 bits per heavy atom. The van der Waals surface area contributed by atoms with Crippen LogP contribution in [0.1, 0.15) is 24.0 Å². The van der Waals surface area contributed by atoms with E-state index in [2.05, 4.69) is 0 Å². The average molecular weight is 219 g/mol. The van der Waals surface area contributed by atoms with Crippen molar-refractivity contribution in [1.82, 2.24) is 0 Å². The molecule has 14 heavy (non-hydrogen) atoms. The molecule has 0 aliphatic carbocycles. The Bertz CT molecular complexity index is 326. The first-order chi connectivity index (χ1) is 6.63. The number of carbonyl (C=O) groups excluding carboxylic acids is 1. The van der Waals surface area contributed by atoms with Gasteiger partial charge < -0.3 is 4.79 Å². The molecule has 1 aromatic carbocycles. The van der Waals surface area contributed by atoms with E-state index in [1.54, 1.807) is 6.07 Å². The van der Waals surface area contributed by atoms with Crippen molar-refractivity contribution >= 4 is 17.9 Å². The van der Waals surface area contributed by atoms with Crippen LogP contribution in [0.25, 0.3) is 0 Å². The summed E-state index contributed by atoms with van der Waals surface area (Å²) in [6.07, 6.45) is -1.00. The zero-order valence-corrected chi connectivity index (χ0v) is 8.10. The highest BCUT2D eigenvalue weighted by Crippen LogP contribution is 2.24. The van der Waals surface area contributed by atoms with Crippen molar-refractivity contribution in [2.75, 3.05) is 0 Å². The summed E-state index contributed by atoms with van der Waals surface area (Å²) in [6, 6.07) is 4.20. The third kappa shape index (κ3) is 3.07. The fraction of sp³-hybridized carbons (Fsp3) is 0.300. The maximum Gasteiger partial charge on any atom is 0.263 e. The summed E-state index contributed by atoms with van der Waals surface area (Å²) in [6.45, 7) is 0. The summed E-state index contributed by atoms with van der Waals surface area (Å²) in [5, 5.41) is 0.281. The molecule has 1 rings (SSSR count). The zero-order valence-electron chi connectivity index (χ0n) is 7.34. The van der Waals surface area contributed by atoms with Crippen LogP contribution in [-0.4, -0.2) is 6.29 Å². The topological polar surface area (TPSA) is 17.1 Å². The number of halogens is 3. The summed E-state index contributed by atoms with van der Waals surface area (Å²) < 4.78 is 24.6. The van der Waals surface area contributed by atoms with Crippen molar-refractivity contribution in [1.29, 1.82) is 0 Å². The Morgan fingerprint density at radius 3 is 2.64 bits per heavy atom. The van der Waals surface area contributed by atoms with Gasteiger partial charge in [0.1, 0.15) is 6.29 Å². The van der Waals surface area contributed by atoms with Gasteiger partial charge in [-0.2, -0.15) is 0 Å². The first-order valence-electron chi connectivity index (χ1n) is 4.14. The molecule has 0 atom stereocenters. The Labute approximate surface area is 85.7 Å². The van der Waals surface area contributed by atoms with Crippen LogP contribution >= 0.6 is 11.6 Å². The van der Waals surface area contributed by atoms with Crippen LogP contribution in [0.15, 0.2) is 18.2 Å². The smallest absolute Gasteiger partial charge is 0.263 e. The molecule has 0 spiro atoms. The largest absolute Gasteiger partial charge is 0.303 e. The molecule has 0 bridgehead atoms. The van der Waals surface area contributed by atoms with Gasteiger partial charge in [-0.15, -0.1) is 0 Å². The highest BCUT2D eigenvalue weighted by molar-refractivity contribution is 6.30. The van der Waals surface area contributed by atoms with Gasteiger partial charge in [-0.25, -0.2) is 8.78 Å². The first-order valence-corrected chi connectivity index (χ1v) is 4.52. The Kier molecular flexibility index (Phi) is 4.01. The number of benzene rings is 1. The van der Waals surface area contributed by atoms with Crippen LogP contribution < -0.4 is 0 Å². The monoisotopic (exact) mass is 218 g/mol. The lowest BCUT2D eigenvalue weighted by atomic mass is 10.1. The maximum atomic E-state index is 12.3. The van der Waals surface area contributed by atoms with Gasteiger partial charge >= 0.3 is 0 Å². The van der Waals surface area contributed by atoms with Crippen molar-refractivity contribution in [3.8, 4) is 0 Å². The molecule has 0 fully saturated rings. The van der Waals surface area contributed by atoms with Crippen molar-refractivity contribution < 1.29 is 13.6 Å². The molecule has 0 aliphatic rings. The Morgan fingerprint density at radius 2 is 2.07 bits per heavy atom. The zero-order chi connectivity index (χ0) is 10.6. The molecular weight excluding hydrogens is 210 g/mol. The molecule has 0 saturated carbocycles. The summed E-state index contributed by atoms with van der Waals surface area (Å²) in [4.78, 5) is 10.1. The van der Waals surface area contributed by atoms with Gasteiger partial charge in [-0.3, -0.25) is 0 Å². The predicted molar refractivity (Wildman–Crippen MR) is 50.8 cm³/mol. The minimum Gasteiger partial charge on any atom is -0.303 e. The summed E-state index contributed by atoms with van der Waals surface area (Å²) in [5.41, 5.74) is 0.568. The molecule has 0 heterocycles.